The van der Waals surface area contributed by atoms with Crippen molar-refractivity contribution in [1.82, 2.24) is 4.68 Å². The van der Waals surface area contributed by atoms with Gasteiger partial charge in [0.05, 0.1) is 23.9 Å². The molecule has 3 aromatic rings. The van der Waals surface area contributed by atoms with Crippen molar-refractivity contribution in [2.24, 2.45) is 10.1 Å². The first-order valence-electron chi connectivity index (χ1n) is 7.12. The zero-order valence-corrected chi connectivity index (χ0v) is 14.8. The average Bonchev–Trinajstić information content (AvgIpc) is 3.12. The van der Waals surface area contributed by atoms with Gasteiger partial charge >= 0.3 is 0 Å². The van der Waals surface area contributed by atoms with Gasteiger partial charge in [-0.15, -0.1) is 22.7 Å². The lowest BCUT2D eigenvalue weighted by Crippen LogP contribution is -2.11. The highest BCUT2D eigenvalue weighted by molar-refractivity contribution is 7.11. The number of aromatic nitrogens is 1. The minimum Gasteiger partial charge on any atom is -0.494 e. The number of aryl methyl sites for hydroxylation is 2. The van der Waals surface area contributed by atoms with Gasteiger partial charge in [0.15, 0.2) is 0 Å². The third kappa shape index (κ3) is 3.43. The van der Waals surface area contributed by atoms with Crippen molar-refractivity contribution in [3.05, 3.63) is 62.0 Å². The summed E-state index contributed by atoms with van der Waals surface area (Å²) >= 11 is 3.25. The van der Waals surface area contributed by atoms with Crippen LogP contribution in [0.3, 0.4) is 0 Å². The number of thiophene rings is 1. The second kappa shape index (κ2) is 6.93. The Kier molecular flexibility index (Phi) is 4.73. The Bertz CT molecular complexity index is 902. The molecule has 0 bridgehead atoms. The van der Waals surface area contributed by atoms with Gasteiger partial charge in [-0.05, 0) is 43.0 Å². The van der Waals surface area contributed by atoms with E-state index in [2.05, 4.69) is 23.5 Å². The number of benzene rings is 1. The molecule has 0 spiro atoms. The van der Waals surface area contributed by atoms with Crippen LogP contribution in [0.25, 0.3) is 0 Å². The summed E-state index contributed by atoms with van der Waals surface area (Å²) in [6.45, 7) is 4.11. The number of rotatable bonds is 4. The van der Waals surface area contributed by atoms with Gasteiger partial charge in [0, 0.05) is 5.38 Å². The third-order valence-electron chi connectivity index (χ3n) is 3.34. The van der Waals surface area contributed by atoms with Gasteiger partial charge in [-0.1, -0.05) is 12.1 Å². The summed E-state index contributed by atoms with van der Waals surface area (Å²) in [5.74, 6) is 0.753. The van der Waals surface area contributed by atoms with Crippen LogP contribution in [-0.2, 0) is 0 Å². The van der Waals surface area contributed by atoms with Crippen molar-refractivity contribution in [3.8, 4) is 5.75 Å². The molecule has 118 valence electrons. The van der Waals surface area contributed by atoms with Gasteiger partial charge < -0.3 is 4.74 Å². The molecule has 0 fully saturated rings. The highest BCUT2D eigenvalue weighted by Gasteiger charge is 2.04. The molecule has 4 nitrogen and oxygen atoms in total. The summed E-state index contributed by atoms with van der Waals surface area (Å²) in [6, 6.07) is 9.82. The second-order valence-electron chi connectivity index (χ2n) is 4.97. The van der Waals surface area contributed by atoms with Gasteiger partial charge in [0.25, 0.3) is 0 Å². The quantitative estimate of drug-likeness (QED) is 0.649. The number of para-hydroxylation sites is 2. The Balaban J connectivity index is 2.04. The van der Waals surface area contributed by atoms with E-state index >= 15 is 0 Å². The number of methoxy groups -OCH3 is 1. The molecule has 0 aliphatic carbocycles. The fraction of sp³-hybridized carbons (Fsp3) is 0.176. The molecule has 1 aromatic carbocycles. The lowest BCUT2D eigenvalue weighted by Gasteiger charge is -2.03. The van der Waals surface area contributed by atoms with Gasteiger partial charge in [0.1, 0.15) is 11.4 Å². The van der Waals surface area contributed by atoms with Crippen LogP contribution in [0.15, 0.2) is 51.2 Å². The van der Waals surface area contributed by atoms with E-state index in [0.29, 0.717) is 0 Å². The van der Waals surface area contributed by atoms with Crippen molar-refractivity contribution in [2.75, 3.05) is 7.11 Å². The van der Waals surface area contributed by atoms with E-state index in [0.717, 1.165) is 26.8 Å². The van der Waals surface area contributed by atoms with Gasteiger partial charge in [-0.2, -0.15) is 5.10 Å². The summed E-state index contributed by atoms with van der Waals surface area (Å²) in [5, 5.41) is 8.72. The fourth-order valence-electron chi connectivity index (χ4n) is 2.05. The maximum Gasteiger partial charge on any atom is 0.211 e. The minimum atomic E-state index is 0.753. The number of thiazole rings is 1. The van der Waals surface area contributed by atoms with Crippen molar-refractivity contribution < 1.29 is 4.74 Å². The number of nitrogens with zero attached hydrogens (tertiary/aromatic N) is 3. The maximum absolute atomic E-state index is 5.36. The molecule has 23 heavy (non-hydrogen) atoms. The van der Waals surface area contributed by atoms with Crippen LogP contribution in [-0.4, -0.2) is 18.0 Å². The lowest BCUT2D eigenvalue weighted by atomic mass is 10.3. The molecule has 3 rings (SSSR count). The first-order valence-corrected chi connectivity index (χ1v) is 8.88. The van der Waals surface area contributed by atoms with Gasteiger partial charge in [-0.3, -0.25) is 0 Å². The largest absolute Gasteiger partial charge is 0.494 e. The van der Waals surface area contributed by atoms with Crippen LogP contribution < -0.4 is 9.54 Å². The average molecular weight is 343 g/mol. The molecule has 0 N–H and O–H groups in total. The van der Waals surface area contributed by atoms with Crippen LogP contribution in [0.4, 0.5) is 5.69 Å². The molecule has 0 radical (unpaired) electrons. The van der Waals surface area contributed by atoms with Crippen LogP contribution in [0.2, 0.25) is 0 Å². The third-order valence-corrected chi connectivity index (χ3v) is 5.23. The summed E-state index contributed by atoms with van der Waals surface area (Å²) in [4.78, 5) is 6.68. The topological polar surface area (TPSA) is 38.9 Å². The SMILES string of the molecule is COc1ccccc1N=c1scc(C)n1N=Cc1sccc1C. The molecule has 0 saturated heterocycles. The van der Waals surface area contributed by atoms with E-state index in [9.17, 15) is 0 Å². The summed E-state index contributed by atoms with van der Waals surface area (Å²) in [6.07, 6.45) is 1.89. The van der Waals surface area contributed by atoms with E-state index in [4.69, 9.17) is 9.73 Å². The molecule has 0 atom stereocenters. The molecular weight excluding hydrogens is 326 g/mol. The zero-order valence-electron chi connectivity index (χ0n) is 13.2. The molecular formula is C17H17N3OS2. The normalized spacial score (nSPS) is 12.2. The highest BCUT2D eigenvalue weighted by Crippen LogP contribution is 2.25. The van der Waals surface area contributed by atoms with Crippen molar-refractivity contribution >= 4 is 34.6 Å². The monoisotopic (exact) mass is 343 g/mol. The van der Waals surface area contributed by atoms with E-state index in [1.54, 1.807) is 29.8 Å². The smallest absolute Gasteiger partial charge is 0.211 e. The Labute approximate surface area is 143 Å². The fourth-order valence-corrected chi connectivity index (χ4v) is 3.65. The molecule has 0 amide bonds. The molecule has 2 heterocycles. The van der Waals surface area contributed by atoms with Crippen molar-refractivity contribution in [3.63, 3.8) is 0 Å². The first kappa shape index (κ1) is 15.7. The molecule has 6 heteroatoms. The van der Waals surface area contributed by atoms with E-state index in [1.807, 2.05) is 47.5 Å². The number of hydrogen-bond donors (Lipinski definition) is 0. The van der Waals surface area contributed by atoms with Crippen LogP contribution >= 0.6 is 22.7 Å². The standard InChI is InChI=1S/C17H17N3OS2/c1-12-8-9-22-16(12)10-18-20-13(2)11-23-17(20)19-14-6-4-5-7-15(14)21-3/h4-11H,1-3H3. The molecule has 0 aliphatic heterocycles. The number of ether oxygens (including phenoxy) is 1. The van der Waals surface area contributed by atoms with Crippen LogP contribution in [0.1, 0.15) is 16.1 Å². The number of hydrogen-bond acceptors (Lipinski definition) is 5. The Morgan fingerprint density at radius 3 is 2.70 bits per heavy atom. The van der Waals surface area contributed by atoms with E-state index in [1.165, 1.54) is 5.56 Å². The van der Waals surface area contributed by atoms with Crippen molar-refractivity contribution in [1.29, 1.82) is 0 Å². The van der Waals surface area contributed by atoms with E-state index in [-0.39, 0.29) is 0 Å². The van der Waals surface area contributed by atoms with Crippen LogP contribution in [0, 0.1) is 13.8 Å². The van der Waals surface area contributed by atoms with E-state index < -0.39 is 0 Å². The maximum atomic E-state index is 5.36. The van der Waals surface area contributed by atoms with Crippen LogP contribution in [0.5, 0.6) is 5.75 Å². The van der Waals surface area contributed by atoms with Gasteiger partial charge in [-0.25, -0.2) is 9.67 Å². The summed E-state index contributed by atoms with van der Waals surface area (Å²) in [5.41, 5.74) is 3.08. The molecule has 0 aliphatic rings. The predicted octanol–water partition coefficient (Wildman–Crippen LogP) is 4.35. The summed E-state index contributed by atoms with van der Waals surface area (Å²) in [7, 11) is 1.65. The van der Waals surface area contributed by atoms with Gasteiger partial charge in [0.2, 0.25) is 4.80 Å². The molecule has 0 unspecified atom stereocenters. The molecule has 2 aromatic heterocycles. The first-order chi connectivity index (χ1) is 11.2. The summed E-state index contributed by atoms with van der Waals surface area (Å²) < 4.78 is 7.22. The Morgan fingerprint density at radius 1 is 1.13 bits per heavy atom. The lowest BCUT2D eigenvalue weighted by molar-refractivity contribution is 0.416. The second-order valence-corrected chi connectivity index (χ2v) is 6.75. The highest BCUT2D eigenvalue weighted by atomic mass is 32.1. The Morgan fingerprint density at radius 2 is 1.96 bits per heavy atom. The molecule has 0 saturated carbocycles. The zero-order chi connectivity index (χ0) is 16.2. The predicted molar refractivity (Wildman–Crippen MR) is 97.3 cm³/mol. The minimum absolute atomic E-state index is 0.753. The van der Waals surface area contributed by atoms with Crippen molar-refractivity contribution in [2.45, 2.75) is 13.8 Å². The Hall–Kier alpha value is -2.18.